The Morgan fingerprint density at radius 2 is 1.84 bits per heavy atom. The van der Waals surface area contributed by atoms with Gasteiger partial charge in [0, 0.05) is 0 Å². The molecule has 8 heteroatoms. The van der Waals surface area contributed by atoms with E-state index >= 15 is 0 Å². The second kappa shape index (κ2) is 5.20. The number of anilines is 1. The van der Waals surface area contributed by atoms with Crippen LogP contribution in [0.4, 0.5) is 18.2 Å². The summed E-state index contributed by atoms with van der Waals surface area (Å²) in [6.07, 6.45) is -5.00. The number of amides is 1. The fourth-order valence-electron chi connectivity index (χ4n) is 1.07. The van der Waals surface area contributed by atoms with E-state index in [2.05, 4.69) is 0 Å². The number of hydrogen-bond acceptors (Lipinski definition) is 4. The van der Waals surface area contributed by atoms with Crippen LogP contribution in [0.3, 0.4) is 0 Å². The van der Waals surface area contributed by atoms with Crippen LogP contribution in [0.25, 0.3) is 0 Å². The molecule has 1 amide bonds. The lowest BCUT2D eigenvalue weighted by molar-refractivity contribution is -0.167. The van der Waals surface area contributed by atoms with Crippen molar-refractivity contribution in [2.24, 2.45) is 0 Å². The molecule has 0 saturated carbocycles. The Morgan fingerprint density at radius 3 is 2.32 bits per heavy atom. The summed E-state index contributed by atoms with van der Waals surface area (Å²) in [5.41, 5.74) is -0.873. The Kier molecular flexibility index (Phi) is 4.24. The fourth-order valence-corrected chi connectivity index (χ4v) is 1.84. The number of alkyl halides is 3. The van der Waals surface area contributed by atoms with Crippen LogP contribution in [0.1, 0.15) is 31.1 Å². The maximum absolute atomic E-state index is 12.1. The number of thiophene rings is 1. The van der Waals surface area contributed by atoms with Crippen LogP contribution in [0.5, 0.6) is 0 Å². The Balaban J connectivity index is 2.87. The molecular formula is C11H12F3NO3S. The van der Waals surface area contributed by atoms with Crippen molar-refractivity contribution in [1.82, 2.24) is 0 Å². The summed E-state index contributed by atoms with van der Waals surface area (Å²) in [4.78, 5) is 22.5. The monoisotopic (exact) mass is 295 g/mol. The van der Waals surface area contributed by atoms with Gasteiger partial charge in [0.25, 0.3) is 0 Å². The number of hydrogen-bond donors (Lipinski definition) is 1. The molecule has 0 bridgehead atoms. The van der Waals surface area contributed by atoms with Gasteiger partial charge in [-0.05, 0) is 32.2 Å². The van der Waals surface area contributed by atoms with Crippen LogP contribution in [0, 0.1) is 0 Å². The maximum Gasteiger partial charge on any atom is 0.471 e. The molecule has 0 aromatic carbocycles. The van der Waals surface area contributed by atoms with Crippen molar-refractivity contribution in [3.8, 4) is 0 Å². The first-order valence-electron chi connectivity index (χ1n) is 5.20. The molecule has 19 heavy (non-hydrogen) atoms. The summed E-state index contributed by atoms with van der Waals surface area (Å²) in [6, 6.07) is 1.30. The van der Waals surface area contributed by atoms with E-state index in [0.717, 1.165) is 11.3 Å². The number of rotatable bonds is 2. The predicted octanol–water partition coefficient (Wildman–Crippen LogP) is 3.20. The molecule has 0 spiro atoms. The number of halogens is 3. The third kappa shape index (κ3) is 4.55. The quantitative estimate of drug-likeness (QED) is 0.852. The zero-order chi connectivity index (χ0) is 14.8. The summed E-state index contributed by atoms with van der Waals surface area (Å²) in [5, 5.41) is 2.86. The standard InChI is InChI=1S/C11H12F3NO3S/c1-10(2,3)18-8(16)6-4-5-19-7(6)15-9(17)11(12,13)14/h4-5H,1-3H3,(H,15,17). The van der Waals surface area contributed by atoms with Crippen LogP contribution < -0.4 is 5.32 Å². The zero-order valence-corrected chi connectivity index (χ0v) is 11.2. The van der Waals surface area contributed by atoms with Crippen LogP contribution >= 0.6 is 11.3 Å². The zero-order valence-electron chi connectivity index (χ0n) is 10.4. The molecule has 0 aliphatic heterocycles. The molecule has 1 rings (SSSR count). The lowest BCUT2D eigenvalue weighted by Gasteiger charge is -2.19. The molecule has 0 fully saturated rings. The second-order valence-corrected chi connectivity index (χ2v) is 5.53. The summed E-state index contributed by atoms with van der Waals surface area (Å²) < 4.78 is 41.4. The van der Waals surface area contributed by atoms with E-state index < -0.39 is 23.7 Å². The second-order valence-electron chi connectivity index (χ2n) is 4.62. The maximum atomic E-state index is 12.1. The van der Waals surface area contributed by atoms with E-state index in [0.29, 0.717) is 0 Å². The van der Waals surface area contributed by atoms with Crippen LogP contribution in [0.2, 0.25) is 0 Å². The third-order valence-corrected chi connectivity index (χ3v) is 2.60. The van der Waals surface area contributed by atoms with E-state index in [-0.39, 0.29) is 10.6 Å². The van der Waals surface area contributed by atoms with E-state index in [1.54, 1.807) is 26.1 Å². The lowest BCUT2D eigenvalue weighted by Crippen LogP contribution is -2.30. The molecule has 106 valence electrons. The Morgan fingerprint density at radius 1 is 1.26 bits per heavy atom. The number of ether oxygens (including phenoxy) is 1. The molecule has 1 aromatic rings. The predicted molar refractivity (Wildman–Crippen MR) is 64.2 cm³/mol. The van der Waals surface area contributed by atoms with Crippen LogP contribution in [0.15, 0.2) is 11.4 Å². The average molecular weight is 295 g/mol. The Bertz CT molecular complexity index is 488. The molecular weight excluding hydrogens is 283 g/mol. The highest BCUT2D eigenvalue weighted by Gasteiger charge is 2.39. The van der Waals surface area contributed by atoms with Gasteiger partial charge in [0.15, 0.2) is 0 Å². The van der Waals surface area contributed by atoms with Crippen molar-refractivity contribution in [3.63, 3.8) is 0 Å². The van der Waals surface area contributed by atoms with Crippen molar-refractivity contribution >= 4 is 28.2 Å². The highest BCUT2D eigenvalue weighted by molar-refractivity contribution is 7.14. The van der Waals surface area contributed by atoms with Gasteiger partial charge in [-0.3, -0.25) is 4.79 Å². The Labute approximate surface area is 111 Å². The topological polar surface area (TPSA) is 55.4 Å². The highest BCUT2D eigenvalue weighted by Crippen LogP contribution is 2.27. The molecule has 1 aromatic heterocycles. The van der Waals surface area contributed by atoms with E-state index in [1.165, 1.54) is 11.4 Å². The molecule has 1 heterocycles. The van der Waals surface area contributed by atoms with Gasteiger partial charge >= 0.3 is 18.1 Å². The van der Waals surface area contributed by atoms with Gasteiger partial charge in [-0.25, -0.2) is 4.79 Å². The van der Waals surface area contributed by atoms with Gasteiger partial charge in [0.1, 0.15) is 10.6 Å². The number of carbonyl (C=O) groups is 2. The van der Waals surface area contributed by atoms with Crippen molar-refractivity contribution in [1.29, 1.82) is 0 Å². The third-order valence-electron chi connectivity index (χ3n) is 1.77. The van der Waals surface area contributed by atoms with Crippen molar-refractivity contribution < 1.29 is 27.5 Å². The summed E-state index contributed by atoms with van der Waals surface area (Å²) in [6.45, 7) is 4.89. The van der Waals surface area contributed by atoms with Gasteiger partial charge in [-0.15, -0.1) is 11.3 Å². The normalized spacial score (nSPS) is 12.1. The fraction of sp³-hybridized carbons (Fsp3) is 0.455. The largest absolute Gasteiger partial charge is 0.471 e. The number of nitrogens with one attached hydrogen (secondary N) is 1. The van der Waals surface area contributed by atoms with Crippen molar-refractivity contribution in [2.45, 2.75) is 32.5 Å². The summed E-state index contributed by atoms with van der Waals surface area (Å²) in [5.74, 6) is -2.91. The van der Waals surface area contributed by atoms with Crippen molar-refractivity contribution in [2.75, 3.05) is 5.32 Å². The first-order chi connectivity index (χ1) is 8.50. The molecule has 0 aliphatic rings. The van der Waals surface area contributed by atoms with E-state index in [9.17, 15) is 22.8 Å². The van der Waals surface area contributed by atoms with E-state index in [1.807, 2.05) is 0 Å². The molecule has 4 nitrogen and oxygen atoms in total. The van der Waals surface area contributed by atoms with Gasteiger partial charge in [0.2, 0.25) is 0 Å². The van der Waals surface area contributed by atoms with E-state index in [4.69, 9.17) is 4.74 Å². The molecule has 0 radical (unpaired) electrons. The molecule has 0 atom stereocenters. The van der Waals surface area contributed by atoms with Crippen LogP contribution in [-0.2, 0) is 9.53 Å². The van der Waals surface area contributed by atoms with Crippen LogP contribution in [-0.4, -0.2) is 23.7 Å². The molecule has 1 N–H and O–H groups in total. The molecule has 0 saturated heterocycles. The minimum atomic E-state index is -5.00. The van der Waals surface area contributed by atoms with Crippen molar-refractivity contribution in [3.05, 3.63) is 17.0 Å². The Hall–Kier alpha value is -1.57. The van der Waals surface area contributed by atoms with Gasteiger partial charge in [0.05, 0.1) is 5.56 Å². The summed E-state index contributed by atoms with van der Waals surface area (Å²) >= 11 is 0.816. The first-order valence-corrected chi connectivity index (χ1v) is 6.07. The SMILES string of the molecule is CC(C)(C)OC(=O)c1ccsc1NC(=O)C(F)(F)F. The smallest absolute Gasteiger partial charge is 0.456 e. The van der Waals surface area contributed by atoms with Gasteiger partial charge < -0.3 is 10.1 Å². The molecule has 0 aliphatic carbocycles. The lowest BCUT2D eigenvalue weighted by atomic mass is 10.2. The highest BCUT2D eigenvalue weighted by atomic mass is 32.1. The summed E-state index contributed by atoms with van der Waals surface area (Å²) in [7, 11) is 0. The first kappa shape index (κ1) is 15.5. The number of esters is 1. The molecule has 0 unspecified atom stereocenters. The number of carbonyl (C=O) groups excluding carboxylic acids is 2. The minimum absolute atomic E-state index is 0.0995. The van der Waals surface area contributed by atoms with Gasteiger partial charge in [-0.1, -0.05) is 0 Å². The van der Waals surface area contributed by atoms with Gasteiger partial charge in [-0.2, -0.15) is 13.2 Å². The average Bonchev–Trinajstić information content (AvgIpc) is 2.61. The minimum Gasteiger partial charge on any atom is -0.456 e.